The van der Waals surface area contributed by atoms with Gasteiger partial charge in [0, 0.05) is 12.6 Å². The van der Waals surface area contributed by atoms with E-state index in [9.17, 15) is 0 Å². The maximum Gasteiger partial charge on any atom is 0.106 e. The highest BCUT2D eigenvalue weighted by atomic mass is 79.9. The molecule has 1 heterocycles. The second-order valence-electron chi connectivity index (χ2n) is 5.06. The van der Waals surface area contributed by atoms with Crippen molar-refractivity contribution in [3.8, 4) is 0 Å². The van der Waals surface area contributed by atoms with E-state index in [4.69, 9.17) is 0 Å². The first-order chi connectivity index (χ1) is 8.08. The number of pyridine rings is 1. The van der Waals surface area contributed by atoms with Gasteiger partial charge in [-0.2, -0.15) is 0 Å². The topological polar surface area (TPSA) is 24.9 Å². The van der Waals surface area contributed by atoms with Gasteiger partial charge in [-0.05, 0) is 47.3 Å². The monoisotopic (exact) mass is 298 g/mol. The van der Waals surface area contributed by atoms with E-state index in [1.165, 1.54) is 19.3 Å². The van der Waals surface area contributed by atoms with Crippen LogP contribution in [0.2, 0.25) is 0 Å². The number of nitrogens with zero attached hydrogens (tertiary/aromatic N) is 1. The molecule has 0 fully saturated rings. The van der Waals surface area contributed by atoms with Crippen LogP contribution in [0.3, 0.4) is 0 Å². The Bertz CT molecular complexity index is 326. The molecule has 1 atom stereocenters. The fourth-order valence-electron chi connectivity index (χ4n) is 1.76. The molecule has 0 saturated carbocycles. The third kappa shape index (κ3) is 6.79. The Morgan fingerprint density at radius 1 is 1.24 bits per heavy atom. The predicted molar refractivity (Wildman–Crippen MR) is 76.9 cm³/mol. The molecule has 0 radical (unpaired) electrons. The van der Waals surface area contributed by atoms with Gasteiger partial charge in [-0.3, -0.25) is 0 Å². The zero-order valence-electron chi connectivity index (χ0n) is 11.0. The van der Waals surface area contributed by atoms with Crippen LogP contribution >= 0.6 is 15.9 Å². The largest absolute Gasteiger partial charge is 0.309 e. The Kier molecular flexibility index (Phi) is 6.75. The third-order valence-corrected chi connectivity index (χ3v) is 3.26. The molecule has 2 nitrogen and oxygen atoms in total. The van der Waals surface area contributed by atoms with Gasteiger partial charge in [-0.15, -0.1) is 0 Å². The number of hydrogen-bond acceptors (Lipinski definition) is 2. The van der Waals surface area contributed by atoms with Crippen molar-refractivity contribution < 1.29 is 0 Å². The Morgan fingerprint density at radius 3 is 2.65 bits per heavy atom. The van der Waals surface area contributed by atoms with Gasteiger partial charge in [0.05, 0.1) is 5.69 Å². The number of nitrogens with one attached hydrogen (secondary N) is 1. The summed E-state index contributed by atoms with van der Waals surface area (Å²) in [5.41, 5.74) is 1.09. The van der Waals surface area contributed by atoms with E-state index in [2.05, 4.69) is 53.1 Å². The molecule has 96 valence electrons. The SMILES string of the molecule is CC(C)CCCC(C)NCc1cccc(Br)n1. The van der Waals surface area contributed by atoms with Crippen molar-refractivity contribution in [1.29, 1.82) is 0 Å². The number of halogens is 1. The maximum absolute atomic E-state index is 4.41. The van der Waals surface area contributed by atoms with Crippen molar-refractivity contribution in [3.05, 3.63) is 28.5 Å². The number of hydrogen-bond donors (Lipinski definition) is 1. The predicted octanol–water partition coefficient (Wildman–Crippen LogP) is 4.15. The summed E-state index contributed by atoms with van der Waals surface area (Å²) in [5, 5.41) is 3.52. The molecule has 1 aromatic rings. The van der Waals surface area contributed by atoms with Crippen molar-refractivity contribution in [2.24, 2.45) is 5.92 Å². The Hall–Kier alpha value is -0.410. The first kappa shape index (κ1) is 14.7. The number of rotatable bonds is 7. The highest BCUT2D eigenvalue weighted by Crippen LogP contribution is 2.09. The van der Waals surface area contributed by atoms with E-state index >= 15 is 0 Å². The summed E-state index contributed by atoms with van der Waals surface area (Å²) in [6.45, 7) is 7.66. The molecule has 0 aliphatic heterocycles. The van der Waals surface area contributed by atoms with Crippen molar-refractivity contribution in [2.45, 2.75) is 52.6 Å². The molecular weight excluding hydrogens is 276 g/mol. The van der Waals surface area contributed by atoms with Gasteiger partial charge in [-0.1, -0.05) is 32.8 Å². The minimum Gasteiger partial charge on any atom is -0.309 e. The summed E-state index contributed by atoms with van der Waals surface area (Å²) in [7, 11) is 0. The van der Waals surface area contributed by atoms with Gasteiger partial charge in [0.15, 0.2) is 0 Å². The average molecular weight is 299 g/mol. The molecule has 0 spiro atoms. The Balaban J connectivity index is 2.21. The van der Waals surface area contributed by atoms with Crippen molar-refractivity contribution >= 4 is 15.9 Å². The molecule has 0 aliphatic carbocycles. The average Bonchev–Trinajstić information content (AvgIpc) is 2.26. The van der Waals surface area contributed by atoms with Gasteiger partial charge in [0.1, 0.15) is 4.60 Å². The van der Waals surface area contributed by atoms with Crippen LogP contribution in [-0.4, -0.2) is 11.0 Å². The Labute approximate surface area is 113 Å². The molecule has 1 aromatic heterocycles. The first-order valence-electron chi connectivity index (χ1n) is 6.42. The summed E-state index contributed by atoms with van der Waals surface area (Å²) in [4.78, 5) is 4.41. The highest BCUT2D eigenvalue weighted by molar-refractivity contribution is 9.10. The maximum atomic E-state index is 4.41. The van der Waals surface area contributed by atoms with Crippen molar-refractivity contribution in [3.63, 3.8) is 0 Å². The lowest BCUT2D eigenvalue weighted by Crippen LogP contribution is -2.25. The second kappa shape index (κ2) is 7.83. The minimum absolute atomic E-state index is 0.564. The van der Waals surface area contributed by atoms with Crippen LogP contribution in [0.5, 0.6) is 0 Å². The Morgan fingerprint density at radius 2 is 2.00 bits per heavy atom. The summed E-state index contributed by atoms with van der Waals surface area (Å²) in [6.07, 6.45) is 3.87. The fraction of sp³-hybridized carbons (Fsp3) is 0.643. The lowest BCUT2D eigenvalue weighted by Gasteiger charge is -2.14. The van der Waals surface area contributed by atoms with Gasteiger partial charge < -0.3 is 5.32 Å². The van der Waals surface area contributed by atoms with Crippen molar-refractivity contribution in [1.82, 2.24) is 10.3 Å². The number of aromatic nitrogens is 1. The minimum atomic E-state index is 0.564. The molecule has 0 bridgehead atoms. The van der Waals surface area contributed by atoms with Crippen LogP contribution in [0.25, 0.3) is 0 Å². The van der Waals surface area contributed by atoms with Crippen LogP contribution in [0.15, 0.2) is 22.8 Å². The fourth-order valence-corrected chi connectivity index (χ4v) is 2.14. The molecule has 0 saturated heterocycles. The molecule has 0 aliphatic rings. The van der Waals surface area contributed by atoms with E-state index in [-0.39, 0.29) is 0 Å². The normalized spacial score (nSPS) is 13.0. The molecule has 1 unspecified atom stereocenters. The molecule has 17 heavy (non-hydrogen) atoms. The zero-order valence-corrected chi connectivity index (χ0v) is 12.6. The lowest BCUT2D eigenvalue weighted by atomic mass is 10.0. The highest BCUT2D eigenvalue weighted by Gasteiger charge is 2.03. The smallest absolute Gasteiger partial charge is 0.106 e. The van der Waals surface area contributed by atoms with Gasteiger partial charge >= 0.3 is 0 Å². The zero-order chi connectivity index (χ0) is 12.7. The third-order valence-electron chi connectivity index (χ3n) is 2.82. The van der Waals surface area contributed by atoms with E-state index in [1.807, 2.05) is 12.1 Å². The van der Waals surface area contributed by atoms with E-state index in [1.54, 1.807) is 0 Å². The molecule has 1 N–H and O–H groups in total. The molecule has 1 rings (SSSR count). The van der Waals surface area contributed by atoms with Crippen LogP contribution in [0.4, 0.5) is 0 Å². The van der Waals surface area contributed by atoms with Gasteiger partial charge in [0.2, 0.25) is 0 Å². The van der Waals surface area contributed by atoms with Gasteiger partial charge in [0.25, 0.3) is 0 Å². The second-order valence-corrected chi connectivity index (χ2v) is 5.87. The summed E-state index contributed by atoms with van der Waals surface area (Å²) >= 11 is 3.39. The van der Waals surface area contributed by atoms with Crippen LogP contribution in [0, 0.1) is 5.92 Å². The van der Waals surface area contributed by atoms with E-state index < -0.39 is 0 Å². The van der Waals surface area contributed by atoms with Crippen LogP contribution in [-0.2, 0) is 6.54 Å². The van der Waals surface area contributed by atoms with Crippen molar-refractivity contribution in [2.75, 3.05) is 0 Å². The van der Waals surface area contributed by atoms with E-state index in [0.29, 0.717) is 6.04 Å². The summed E-state index contributed by atoms with van der Waals surface area (Å²) < 4.78 is 0.907. The first-order valence-corrected chi connectivity index (χ1v) is 7.22. The summed E-state index contributed by atoms with van der Waals surface area (Å²) in [6, 6.07) is 6.60. The van der Waals surface area contributed by atoms with E-state index in [0.717, 1.165) is 22.8 Å². The quantitative estimate of drug-likeness (QED) is 0.765. The standard InChI is InChI=1S/C14H23BrN2/c1-11(2)6-4-7-12(3)16-10-13-8-5-9-14(15)17-13/h5,8-9,11-12,16H,4,6-7,10H2,1-3H3. The van der Waals surface area contributed by atoms with Crippen LogP contribution < -0.4 is 5.32 Å². The molecular formula is C14H23BrN2. The summed E-state index contributed by atoms with van der Waals surface area (Å²) in [5.74, 6) is 0.814. The lowest BCUT2D eigenvalue weighted by molar-refractivity contribution is 0.455. The van der Waals surface area contributed by atoms with Gasteiger partial charge in [-0.25, -0.2) is 4.98 Å². The molecule has 0 aromatic carbocycles. The molecule has 3 heteroatoms. The van der Waals surface area contributed by atoms with Crippen LogP contribution in [0.1, 0.15) is 45.7 Å². The molecule has 0 amide bonds.